The van der Waals surface area contributed by atoms with Gasteiger partial charge in [-0.15, -0.1) is 0 Å². The van der Waals surface area contributed by atoms with Crippen LogP contribution in [0.2, 0.25) is 0 Å². The Morgan fingerprint density at radius 1 is 1.35 bits per heavy atom. The van der Waals surface area contributed by atoms with E-state index in [-0.39, 0.29) is 23.3 Å². The summed E-state index contributed by atoms with van der Waals surface area (Å²) < 4.78 is 26.5. The number of carbonyl (C=O) groups is 2. The van der Waals surface area contributed by atoms with Crippen molar-refractivity contribution in [3.8, 4) is 0 Å². The van der Waals surface area contributed by atoms with Gasteiger partial charge in [0.2, 0.25) is 5.91 Å². The van der Waals surface area contributed by atoms with Gasteiger partial charge in [-0.2, -0.15) is 4.31 Å². The van der Waals surface area contributed by atoms with Gasteiger partial charge in [-0.25, -0.2) is 13.4 Å². The van der Waals surface area contributed by atoms with Gasteiger partial charge >= 0.3 is 0 Å². The topological polar surface area (TPSA) is 112 Å². The number of sulfonamides is 1. The summed E-state index contributed by atoms with van der Waals surface area (Å²) in [5, 5.41) is 2.80. The number of amides is 1. The van der Waals surface area contributed by atoms with E-state index in [0.717, 1.165) is 0 Å². The highest BCUT2D eigenvalue weighted by molar-refractivity contribution is 7.89. The van der Waals surface area contributed by atoms with E-state index in [9.17, 15) is 18.0 Å². The van der Waals surface area contributed by atoms with Gasteiger partial charge in [0.25, 0.3) is 10.0 Å². The molecule has 1 amide bonds. The molecule has 2 heterocycles. The lowest BCUT2D eigenvalue weighted by Crippen LogP contribution is -2.43. The van der Waals surface area contributed by atoms with Crippen LogP contribution < -0.4 is 5.32 Å². The Bertz CT molecular complexity index is 909. The van der Waals surface area contributed by atoms with Crippen molar-refractivity contribution in [2.75, 3.05) is 18.4 Å². The molecule has 2 N–H and O–H groups in total. The van der Waals surface area contributed by atoms with Crippen LogP contribution in [0, 0.1) is 5.92 Å². The molecule has 26 heavy (non-hydrogen) atoms. The Morgan fingerprint density at radius 3 is 2.85 bits per heavy atom. The van der Waals surface area contributed by atoms with Gasteiger partial charge in [-0.05, 0) is 31.9 Å². The first-order valence-electron chi connectivity index (χ1n) is 8.28. The fraction of sp³-hybridized carbons (Fsp3) is 0.353. The van der Waals surface area contributed by atoms with E-state index in [1.54, 1.807) is 24.3 Å². The second-order valence-corrected chi connectivity index (χ2v) is 8.15. The number of aromatic amines is 1. The standard InChI is InChI=1S/C17H20N4O4S/c1-12(22)13-4-2-6-15(8-13)20-17(23)14-5-3-7-21(10-14)26(24,25)16-9-18-11-19-16/h2,4,6,8-9,11,14H,3,5,7,10H2,1H3,(H,18,19)(H,20,23). The van der Waals surface area contributed by atoms with Crippen LogP contribution in [0.25, 0.3) is 0 Å². The first-order chi connectivity index (χ1) is 12.4. The molecule has 0 saturated carbocycles. The second kappa shape index (κ2) is 7.38. The summed E-state index contributed by atoms with van der Waals surface area (Å²) in [6.45, 7) is 1.94. The van der Waals surface area contributed by atoms with Gasteiger partial charge in [-0.3, -0.25) is 9.59 Å². The highest BCUT2D eigenvalue weighted by Crippen LogP contribution is 2.24. The normalized spacial score (nSPS) is 18.4. The summed E-state index contributed by atoms with van der Waals surface area (Å²) in [5.74, 6) is -0.798. The third kappa shape index (κ3) is 3.83. The summed E-state index contributed by atoms with van der Waals surface area (Å²) in [6, 6.07) is 6.69. The lowest BCUT2D eigenvalue weighted by Gasteiger charge is -2.30. The summed E-state index contributed by atoms with van der Waals surface area (Å²) in [4.78, 5) is 30.4. The highest BCUT2D eigenvalue weighted by Gasteiger charge is 2.34. The number of hydrogen-bond acceptors (Lipinski definition) is 5. The van der Waals surface area contributed by atoms with Gasteiger partial charge in [0.1, 0.15) is 0 Å². The van der Waals surface area contributed by atoms with E-state index in [1.807, 2.05) is 0 Å². The van der Waals surface area contributed by atoms with E-state index < -0.39 is 15.9 Å². The Balaban J connectivity index is 1.70. The van der Waals surface area contributed by atoms with E-state index >= 15 is 0 Å². The molecule has 1 unspecified atom stereocenters. The number of carbonyl (C=O) groups excluding carboxylic acids is 2. The van der Waals surface area contributed by atoms with Crippen molar-refractivity contribution in [1.29, 1.82) is 0 Å². The zero-order chi connectivity index (χ0) is 18.7. The molecular weight excluding hydrogens is 356 g/mol. The molecule has 1 saturated heterocycles. The molecule has 1 aliphatic rings. The molecule has 3 rings (SSSR count). The number of H-pyrrole nitrogens is 1. The fourth-order valence-electron chi connectivity index (χ4n) is 2.96. The Kier molecular flexibility index (Phi) is 5.19. The molecule has 1 atom stereocenters. The summed E-state index contributed by atoms with van der Waals surface area (Å²) in [7, 11) is -3.69. The number of nitrogens with one attached hydrogen (secondary N) is 2. The minimum absolute atomic E-state index is 0.0210. The SMILES string of the molecule is CC(=O)c1cccc(NC(=O)C2CCCN(S(=O)(=O)c3cnc[nH]3)C2)c1. The number of piperidine rings is 1. The molecule has 1 aliphatic heterocycles. The first kappa shape index (κ1) is 18.3. The van der Waals surface area contributed by atoms with Gasteiger partial charge in [0.15, 0.2) is 10.8 Å². The maximum Gasteiger partial charge on any atom is 0.260 e. The van der Waals surface area contributed by atoms with Crippen molar-refractivity contribution in [3.05, 3.63) is 42.4 Å². The Labute approximate surface area is 151 Å². The van der Waals surface area contributed by atoms with Crippen LogP contribution in [0.3, 0.4) is 0 Å². The average Bonchev–Trinajstić information content (AvgIpc) is 3.17. The summed E-state index contributed by atoms with van der Waals surface area (Å²) in [5.41, 5.74) is 1.03. The van der Waals surface area contributed by atoms with Gasteiger partial charge in [-0.1, -0.05) is 12.1 Å². The number of anilines is 1. The number of imidazole rings is 1. The molecule has 0 aliphatic carbocycles. The van der Waals surface area contributed by atoms with Crippen LogP contribution in [0.1, 0.15) is 30.1 Å². The molecule has 2 aromatic rings. The Hall–Kier alpha value is -2.52. The Morgan fingerprint density at radius 2 is 2.15 bits per heavy atom. The fourth-order valence-corrected chi connectivity index (χ4v) is 4.38. The van der Waals surface area contributed by atoms with Crippen LogP contribution in [-0.4, -0.2) is 47.5 Å². The quantitative estimate of drug-likeness (QED) is 0.771. The summed E-state index contributed by atoms with van der Waals surface area (Å²) in [6.07, 6.45) is 3.77. The molecular formula is C17H20N4O4S. The minimum atomic E-state index is -3.69. The average molecular weight is 376 g/mol. The van der Waals surface area contributed by atoms with Crippen LogP contribution in [-0.2, 0) is 14.8 Å². The van der Waals surface area contributed by atoms with Crippen LogP contribution in [0.5, 0.6) is 0 Å². The maximum atomic E-state index is 12.6. The van der Waals surface area contributed by atoms with Crippen molar-refractivity contribution in [2.45, 2.75) is 24.8 Å². The molecule has 1 aromatic heterocycles. The molecule has 0 radical (unpaired) electrons. The van der Waals surface area contributed by atoms with Crippen molar-refractivity contribution >= 4 is 27.4 Å². The van der Waals surface area contributed by atoms with Gasteiger partial charge in [0.05, 0.1) is 18.4 Å². The van der Waals surface area contributed by atoms with Crippen LogP contribution in [0.4, 0.5) is 5.69 Å². The van der Waals surface area contributed by atoms with E-state index in [1.165, 1.54) is 23.8 Å². The molecule has 9 heteroatoms. The van der Waals surface area contributed by atoms with Gasteiger partial charge < -0.3 is 10.3 Å². The zero-order valence-electron chi connectivity index (χ0n) is 14.3. The molecule has 8 nitrogen and oxygen atoms in total. The number of rotatable bonds is 5. The van der Waals surface area contributed by atoms with Crippen LogP contribution >= 0.6 is 0 Å². The smallest absolute Gasteiger partial charge is 0.260 e. The van der Waals surface area contributed by atoms with Crippen LogP contribution in [0.15, 0.2) is 41.8 Å². The number of hydrogen-bond donors (Lipinski definition) is 2. The third-order valence-corrected chi connectivity index (χ3v) is 6.17. The largest absolute Gasteiger partial charge is 0.335 e. The highest BCUT2D eigenvalue weighted by atomic mass is 32.2. The summed E-state index contributed by atoms with van der Waals surface area (Å²) >= 11 is 0. The zero-order valence-corrected chi connectivity index (χ0v) is 15.1. The van der Waals surface area contributed by atoms with Gasteiger partial charge in [0, 0.05) is 24.3 Å². The predicted molar refractivity (Wildman–Crippen MR) is 95.1 cm³/mol. The first-order valence-corrected chi connectivity index (χ1v) is 9.72. The minimum Gasteiger partial charge on any atom is -0.335 e. The number of ketones is 1. The molecule has 1 aromatic carbocycles. The number of nitrogens with zero attached hydrogens (tertiary/aromatic N) is 2. The monoisotopic (exact) mass is 376 g/mol. The maximum absolute atomic E-state index is 12.6. The molecule has 1 fully saturated rings. The molecule has 138 valence electrons. The lowest BCUT2D eigenvalue weighted by atomic mass is 9.98. The number of benzene rings is 1. The number of aromatic nitrogens is 2. The second-order valence-electron chi connectivity index (χ2n) is 6.24. The lowest BCUT2D eigenvalue weighted by molar-refractivity contribution is -0.120. The van der Waals surface area contributed by atoms with Crippen molar-refractivity contribution < 1.29 is 18.0 Å². The van der Waals surface area contributed by atoms with E-state index in [4.69, 9.17) is 0 Å². The molecule has 0 bridgehead atoms. The predicted octanol–water partition coefficient (Wildman–Crippen LogP) is 1.65. The molecule has 0 spiro atoms. The van der Waals surface area contributed by atoms with E-state index in [0.29, 0.717) is 30.6 Å². The van der Waals surface area contributed by atoms with Crippen molar-refractivity contribution in [2.24, 2.45) is 5.92 Å². The number of Topliss-reactive ketones (excluding diaryl/α,β-unsaturated/α-hetero) is 1. The third-order valence-electron chi connectivity index (χ3n) is 4.38. The van der Waals surface area contributed by atoms with Crippen molar-refractivity contribution in [3.63, 3.8) is 0 Å². The van der Waals surface area contributed by atoms with E-state index in [2.05, 4.69) is 15.3 Å². The van der Waals surface area contributed by atoms with Crippen molar-refractivity contribution in [1.82, 2.24) is 14.3 Å².